The smallest absolute Gasteiger partial charge is 0.243 e. The van der Waals surface area contributed by atoms with E-state index < -0.39 is 0 Å². The van der Waals surface area contributed by atoms with Crippen molar-refractivity contribution >= 4 is 11.6 Å². The number of nitrogens with one attached hydrogen (secondary N) is 1. The number of hydrogen-bond acceptors (Lipinski definition) is 2. The zero-order chi connectivity index (χ0) is 13.5. The van der Waals surface area contributed by atoms with Gasteiger partial charge < -0.3 is 4.90 Å². The van der Waals surface area contributed by atoms with Crippen molar-refractivity contribution in [3.63, 3.8) is 0 Å². The normalized spacial score (nSPS) is 23.3. The fourth-order valence-corrected chi connectivity index (χ4v) is 2.51. The third kappa shape index (κ3) is 2.41. The summed E-state index contributed by atoms with van der Waals surface area (Å²) in [5.74, 6) is 0.151. The molecular weight excluding hydrogens is 224 g/mol. The molecule has 0 saturated carbocycles. The summed E-state index contributed by atoms with van der Waals surface area (Å²) in [4.78, 5) is 14.2. The van der Waals surface area contributed by atoms with Crippen LogP contribution in [0.2, 0.25) is 0 Å². The van der Waals surface area contributed by atoms with Crippen molar-refractivity contribution in [2.24, 2.45) is 0 Å². The van der Waals surface area contributed by atoms with E-state index in [1.165, 1.54) is 11.1 Å². The summed E-state index contributed by atoms with van der Waals surface area (Å²) >= 11 is 0. The number of piperazine rings is 1. The van der Waals surface area contributed by atoms with Crippen molar-refractivity contribution in [3.8, 4) is 0 Å². The van der Waals surface area contributed by atoms with Gasteiger partial charge in [0.15, 0.2) is 0 Å². The van der Waals surface area contributed by atoms with Crippen molar-refractivity contribution in [1.82, 2.24) is 5.32 Å². The third-order valence-corrected chi connectivity index (χ3v) is 3.60. The van der Waals surface area contributed by atoms with Gasteiger partial charge in [0.1, 0.15) is 0 Å². The lowest BCUT2D eigenvalue weighted by molar-refractivity contribution is -0.122. The van der Waals surface area contributed by atoms with Crippen LogP contribution in [0, 0.1) is 13.8 Å². The molecule has 1 atom stereocenters. The van der Waals surface area contributed by atoms with Crippen molar-refractivity contribution in [2.75, 3.05) is 11.4 Å². The van der Waals surface area contributed by atoms with Crippen LogP contribution in [0.5, 0.6) is 0 Å². The molecule has 1 unspecified atom stereocenters. The molecule has 0 aliphatic carbocycles. The number of carbonyl (C=O) groups is 1. The zero-order valence-electron chi connectivity index (χ0n) is 11.9. The minimum Gasteiger partial charge on any atom is -0.309 e. The van der Waals surface area contributed by atoms with Crippen molar-refractivity contribution < 1.29 is 4.79 Å². The number of nitrogens with zero attached hydrogens (tertiary/aromatic N) is 1. The third-order valence-electron chi connectivity index (χ3n) is 3.60. The number of carbonyl (C=O) groups excluding carboxylic acids is 1. The highest BCUT2D eigenvalue weighted by molar-refractivity contribution is 5.98. The van der Waals surface area contributed by atoms with Gasteiger partial charge in [0.25, 0.3) is 0 Å². The molecule has 1 heterocycles. The highest BCUT2D eigenvalue weighted by Gasteiger charge is 2.36. The Morgan fingerprint density at radius 2 is 1.94 bits per heavy atom. The molecule has 1 aromatic carbocycles. The number of hydrogen-bond donors (Lipinski definition) is 1. The summed E-state index contributed by atoms with van der Waals surface area (Å²) in [6.45, 7) is 11.1. The summed E-state index contributed by atoms with van der Waals surface area (Å²) in [5.41, 5.74) is 3.44. The van der Waals surface area contributed by atoms with E-state index in [1.54, 1.807) is 0 Å². The predicted molar refractivity (Wildman–Crippen MR) is 74.9 cm³/mol. The highest BCUT2D eigenvalue weighted by Crippen LogP contribution is 2.24. The Balaban J connectivity index is 2.35. The van der Waals surface area contributed by atoms with Crippen LogP contribution < -0.4 is 10.2 Å². The molecule has 0 bridgehead atoms. The second-order valence-corrected chi connectivity index (χ2v) is 5.94. The van der Waals surface area contributed by atoms with Gasteiger partial charge in [0.2, 0.25) is 5.91 Å². The average molecular weight is 246 g/mol. The standard InChI is InChI=1S/C15H22N2O/c1-10-6-7-13(8-11(10)2)17-9-15(4,5)16-12(3)14(17)18/h6-8,12,16H,9H2,1-5H3. The fraction of sp³-hybridized carbons (Fsp3) is 0.533. The summed E-state index contributed by atoms with van der Waals surface area (Å²) in [5, 5.41) is 3.34. The lowest BCUT2D eigenvalue weighted by atomic mass is 9.97. The number of aryl methyl sites for hydroxylation is 2. The Morgan fingerprint density at radius 1 is 1.28 bits per heavy atom. The molecule has 1 amide bonds. The molecule has 1 saturated heterocycles. The van der Waals surface area contributed by atoms with Crippen LogP contribution in [0.1, 0.15) is 31.9 Å². The van der Waals surface area contributed by atoms with E-state index in [1.807, 2.05) is 17.9 Å². The van der Waals surface area contributed by atoms with E-state index in [2.05, 4.69) is 45.1 Å². The van der Waals surface area contributed by atoms with Gasteiger partial charge in [0.05, 0.1) is 6.04 Å². The molecule has 3 nitrogen and oxygen atoms in total. The van der Waals surface area contributed by atoms with Gasteiger partial charge in [-0.2, -0.15) is 0 Å². The van der Waals surface area contributed by atoms with Crippen molar-refractivity contribution in [1.29, 1.82) is 0 Å². The van der Waals surface area contributed by atoms with Gasteiger partial charge in [-0.25, -0.2) is 0 Å². The monoisotopic (exact) mass is 246 g/mol. The Bertz CT molecular complexity index is 479. The molecule has 1 aliphatic rings. The molecule has 1 aromatic rings. The molecule has 18 heavy (non-hydrogen) atoms. The zero-order valence-corrected chi connectivity index (χ0v) is 11.9. The Morgan fingerprint density at radius 3 is 2.56 bits per heavy atom. The minimum absolute atomic E-state index is 0.0495. The number of amides is 1. The Labute approximate surface area is 109 Å². The lowest BCUT2D eigenvalue weighted by Crippen LogP contribution is -2.64. The molecule has 0 spiro atoms. The second kappa shape index (κ2) is 4.39. The van der Waals surface area contributed by atoms with Crippen LogP contribution in [-0.4, -0.2) is 24.0 Å². The maximum absolute atomic E-state index is 12.3. The molecule has 2 rings (SSSR count). The van der Waals surface area contributed by atoms with Gasteiger partial charge in [-0.05, 0) is 57.9 Å². The topological polar surface area (TPSA) is 32.3 Å². The van der Waals surface area contributed by atoms with Crippen LogP contribution in [0.25, 0.3) is 0 Å². The maximum Gasteiger partial charge on any atom is 0.243 e. The predicted octanol–water partition coefficient (Wildman–Crippen LogP) is 2.41. The Kier molecular flexibility index (Phi) is 3.20. The highest BCUT2D eigenvalue weighted by atomic mass is 16.2. The SMILES string of the molecule is Cc1ccc(N2CC(C)(C)NC(C)C2=O)cc1C. The quantitative estimate of drug-likeness (QED) is 0.825. The summed E-state index contributed by atoms with van der Waals surface area (Å²) < 4.78 is 0. The van der Waals surface area contributed by atoms with Gasteiger partial charge in [-0.3, -0.25) is 10.1 Å². The van der Waals surface area contributed by atoms with Gasteiger partial charge in [-0.1, -0.05) is 6.07 Å². The molecule has 3 heteroatoms. The first-order valence-electron chi connectivity index (χ1n) is 6.46. The lowest BCUT2D eigenvalue weighted by Gasteiger charge is -2.42. The fourth-order valence-electron chi connectivity index (χ4n) is 2.51. The molecule has 1 fully saturated rings. The van der Waals surface area contributed by atoms with E-state index in [0.717, 1.165) is 5.69 Å². The van der Waals surface area contributed by atoms with Crippen LogP contribution in [0.15, 0.2) is 18.2 Å². The molecule has 1 aliphatic heterocycles. The maximum atomic E-state index is 12.3. The Hall–Kier alpha value is -1.35. The second-order valence-electron chi connectivity index (χ2n) is 5.94. The average Bonchev–Trinajstić information content (AvgIpc) is 2.27. The molecule has 98 valence electrons. The first kappa shape index (κ1) is 13.1. The molecule has 1 N–H and O–H groups in total. The van der Waals surface area contributed by atoms with Crippen LogP contribution in [0.4, 0.5) is 5.69 Å². The number of anilines is 1. The number of benzene rings is 1. The summed E-state index contributed by atoms with van der Waals surface area (Å²) in [6.07, 6.45) is 0. The van der Waals surface area contributed by atoms with Crippen LogP contribution >= 0.6 is 0 Å². The van der Waals surface area contributed by atoms with E-state index >= 15 is 0 Å². The van der Waals surface area contributed by atoms with E-state index in [4.69, 9.17) is 0 Å². The molecule has 0 radical (unpaired) electrons. The van der Waals surface area contributed by atoms with E-state index in [0.29, 0.717) is 6.54 Å². The minimum atomic E-state index is -0.129. The first-order valence-corrected chi connectivity index (χ1v) is 6.46. The largest absolute Gasteiger partial charge is 0.309 e. The van der Waals surface area contributed by atoms with Crippen LogP contribution in [0.3, 0.4) is 0 Å². The van der Waals surface area contributed by atoms with Gasteiger partial charge in [-0.15, -0.1) is 0 Å². The first-order chi connectivity index (χ1) is 8.30. The number of rotatable bonds is 1. The summed E-state index contributed by atoms with van der Waals surface area (Å²) in [7, 11) is 0. The van der Waals surface area contributed by atoms with Gasteiger partial charge >= 0.3 is 0 Å². The van der Waals surface area contributed by atoms with E-state index in [9.17, 15) is 4.79 Å². The molecule has 0 aromatic heterocycles. The van der Waals surface area contributed by atoms with E-state index in [-0.39, 0.29) is 17.5 Å². The van der Waals surface area contributed by atoms with Gasteiger partial charge in [0, 0.05) is 17.8 Å². The molecular formula is C15H22N2O. The van der Waals surface area contributed by atoms with Crippen molar-refractivity contribution in [2.45, 2.75) is 46.2 Å². The summed E-state index contributed by atoms with van der Waals surface area (Å²) in [6, 6.07) is 6.09. The van der Waals surface area contributed by atoms with Crippen molar-refractivity contribution in [3.05, 3.63) is 29.3 Å². The van der Waals surface area contributed by atoms with Crippen LogP contribution in [-0.2, 0) is 4.79 Å².